The summed E-state index contributed by atoms with van der Waals surface area (Å²) in [4.78, 5) is 12.5. The number of carbonyl (C=O) groups excluding carboxylic acids is 1. The van der Waals surface area contributed by atoms with Gasteiger partial charge < -0.3 is 0 Å². The molecule has 26 heavy (non-hydrogen) atoms. The minimum Gasteiger partial charge on any atom is -0.294 e. The molecule has 1 atom stereocenters. The summed E-state index contributed by atoms with van der Waals surface area (Å²) in [6.45, 7) is 3.97. The monoisotopic (exact) mass is 369 g/mol. The fraction of sp³-hybridized carbons (Fsp3) is 0.286. The van der Waals surface area contributed by atoms with Crippen LogP contribution in [-0.4, -0.2) is 14.2 Å². The van der Waals surface area contributed by atoms with Gasteiger partial charge in [0.1, 0.15) is 0 Å². The van der Waals surface area contributed by atoms with Gasteiger partial charge in [-0.1, -0.05) is 55.0 Å². The van der Waals surface area contributed by atoms with Crippen molar-refractivity contribution in [1.82, 2.24) is 4.72 Å². The van der Waals surface area contributed by atoms with Crippen LogP contribution in [0.5, 0.6) is 0 Å². The summed E-state index contributed by atoms with van der Waals surface area (Å²) < 4.78 is 28.5. The molecular formula is C21H23NO3S. The second-order valence-corrected chi connectivity index (χ2v) is 8.30. The highest BCUT2D eigenvalue weighted by Crippen LogP contribution is 2.30. The van der Waals surface area contributed by atoms with Gasteiger partial charge in [0.25, 0.3) is 0 Å². The zero-order valence-electron chi connectivity index (χ0n) is 15.0. The first-order valence-corrected chi connectivity index (χ1v) is 10.3. The van der Waals surface area contributed by atoms with Gasteiger partial charge in [-0.15, -0.1) is 0 Å². The van der Waals surface area contributed by atoms with Crippen LogP contribution < -0.4 is 4.72 Å². The van der Waals surface area contributed by atoms with Crippen LogP contribution in [0, 0.1) is 6.92 Å². The maximum Gasteiger partial charge on any atom is 0.241 e. The number of rotatable bonds is 6. The molecule has 0 saturated carbocycles. The predicted molar refractivity (Wildman–Crippen MR) is 102 cm³/mol. The molecule has 5 heteroatoms. The molecular weight excluding hydrogens is 346 g/mol. The van der Waals surface area contributed by atoms with E-state index in [0.717, 1.165) is 17.5 Å². The Hall–Kier alpha value is -2.24. The number of sulfonamides is 1. The molecule has 0 heterocycles. The van der Waals surface area contributed by atoms with Gasteiger partial charge in [0.2, 0.25) is 10.0 Å². The Morgan fingerprint density at radius 2 is 1.69 bits per heavy atom. The van der Waals surface area contributed by atoms with E-state index in [1.54, 1.807) is 24.3 Å². The number of carbonyl (C=O) groups is 1. The predicted octanol–water partition coefficient (Wildman–Crippen LogP) is 3.87. The Labute approximate surface area is 155 Å². The van der Waals surface area contributed by atoms with Crippen LogP contribution in [0.2, 0.25) is 0 Å². The summed E-state index contributed by atoms with van der Waals surface area (Å²) >= 11 is 0. The minimum atomic E-state index is -3.74. The normalized spacial score (nSPS) is 15.8. The molecule has 4 nitrogen and oxygen atoms in total. The molecule has 136 valence electrons. The van der Waals surface area contributed by atoms with E-state index in [0.29, 0.717) is 18.4 Å². The molecule has 3 rings (SSSR count). The van der Waals surface area contributed by atoms with Gasteiger partial charge in [0.05, 0.1) is 10.9 Å². The molecule has 0 spiro atoms. The number of ketones is 1. The van der Waals surface area contributed by atoms with E-state index in [2.05, 4.69) is 11.6 Å². The molecule has 1 aliphatic carbocycles. The lowest BCUT2D eigenvalue weighted by Crippen LogP contribution is -2.31. The molecule has 0 aromatic heterocycles. The third-order valence-electron chi connectivity index (χ3n) is 4.69. The van der Waals surface area contributed by atoms with Crippen LogP contribution in [0.15, 0.2) is 65.1 Å². The number of nitrogens with one attached hydrogen (secondary N) is 1. The highest BCUT2D eigenvalue weighted by atomic mass is 32.2. The van der Waals surface area contributed by atoms with Crippen LogP contribution >= 0.6 is 0 Å². The number of benzene rings is 2. The molecule has 0 saturated heterocycles. The van der Waals surface area contributed by atoms with Crippen LogP contribution in [-0.2, 0) is 21.2 Å². The van der Waals surface area contributed by atoms with E-state index >= 15 is 0 Å². The zero-order valence-corrected chi connectivity index (χ0v) is 15.8. The van der Waals surface area contributed by atoms with Crippen molar-refractivity contribution in [2.75, 3.05) is 0 Å². The molecule has 0 aliphatic heterocycles. The van der Waals surface area contributed by atoms with Crippen molar-refractivity contribution in [3.8, 4) is 0 Å². The standard InChI is InChI=1S/C21H23NO3S/c1-3-16-9-11-17(12-10-16)21(19-5-4-6-20(19)23)22-26(24,25)18-13-7-15(2)8-14-18/h5,7-14,21-22H,3-4,6H2,1-2H3. The van der Waals surface area contributed by atoms with Crippen molar-refractivity contribution in [1.29, 1.82) is 0 Å². The quantitative estimate of drug-likeness (QED) is 0.841. The van der Waals surface area contributed by atoms with E-state index in [4.69, 9.17) is 0 Å². The van der Waals surface area contributed by atoms with E-state index in [1.807, 2.05) is 37.3 Å². The van der Waals surface area contributed by atoms with Gasteiger partial charge in [-0.2, -0.15) is 4.72 Å². The fourth-order valence-corrected chi connectivity index (χ4v) is 4.30. The summed E-state index contributed by atoms with van der Waals surface area (Å²) in [6, 6.07) is 13.8. The lowest BCUT2D eigenvalue weighted by Gasteiger charge is -2.20. The second kappa shape index (κ2) is 7.56. The molecule has 0 fully saturated rings. The summed E-state index contributed by atoms with van der Waals surface area (Å²) in [5, 5.41) is 0. The summed E-state index contributed by atoms with van der Waals surface area (Å²) in [5.74, 6) is 0.00109. The average molecular weight is 369 g/mol. The number of aryl methyl sites for hydroxylation is 2. The number of hydrogen-bond donors (Lipinski definition) is 1. The summed E-state index contributed by atoms with van der Waals surface area (Å²) in [7, 11) is -3.74. The minimum absolute atomic E-state index is 0.00109. The Morgan fingerprint density at radius 1 is 1.04 bits per heavy atom. The Bertz CT molecular complexity index is 926. The Kier molecular flexibility index (Phi) is 5.39. The first-order valence-electron chi connectivity index (χ1n) is 8.82. The molecule has 1 N–H and O–H groups in total. The fourth-order valence-electron chi connectivity index (χ4n) is 3.09. The van der Waals surface area contributed by atoms with Crippen molar-refractivity contribution in [2.24, 2.45) is 0 Å². The maximum absolute atomic E-state index is 12.9. The molecule has 2 aromatic carbocycles. The van der Waals surface area contributed by atoms with Crippen LogP contribution in [0.25, 0.3) is 0 Å². The number of hydrogen-bond acceptors (Lipinski definition) is 3. The van der Waals surface area contributed by atoms with Gasteiger partial charge >= 0.3 is 0 Å². The van der Waals surface area contributed by atoms with E-state index in [9.17, 15) is 13.2 Å². The molecule has 0 radical (unpaired) electrons. The van der Waals surface area contributed by atoms with Crippen LogP contribution in [0.1, 0.15) is 42.5 Å². The lowest BCUT2D eigenvalue weighted by molar-refractivity contribution is -0.115. The topological polar surface area (TPSA) is 63.2 Å². The first kappa shape index (κ1) is 18.5. The zero-order chi connectivity index (χ0) is 18.7. The van der Waals surface area contributed by atoms with Gasteiger partial charge in [-0.05, 0) is 43.0 Å². The smallest absolute Gasteiger partial charge is 0.241 e. The van der Waals surface area contributed by atoms with Crippen molar-refractivity contribution < 1.29 is 13.2 Å². The SMILES string of the molecule is CCc1ccc(C(NS(=O)(=O)c2ccc(C)cc2)C2=CCCC2=O)cc1. The van der Waals surface area contributed by atoms with Crippen molar-refractivity contribution in [3.63, 3.8) is 0 Å². The molecule has 2 aromatic rings. The lowest BCUT2D eigenvalue weighted by atomic mass is 9.97. The van der Waals surface area contributed by atoms with Crippen molar-refractivity contribution in [2.45, 2.75) is 44.0 Å². The van der Waals surface area contributed by atoms with E-state index < -0.39 is 16.1 Å². The molecule has 1 aliphatic rings. The van der Waals surface area contributed by atoms with Gasteiger partial charge in [0.15, 0.2) is 5.78 Å². The van der Waals surface area contributed by atoms with Crippen LogP contribution in [0.3, 0.4) is 0 Å². The molecule has 0 amide bonds. The average Bonchev–Trinajstić information content (AvgIpc) is 3.06. The van der Waals surface area contributed by atoms with Gasteiger partial charge in [0, 0.05) is 12.0 Å². The number of allylic oxidation sites excluding steroid dienone is 1. The van der Waals surface area contributed by atoms with E-state index in [-0.39, 0.29) is 10.7 Å². The van der Waals surface area contributed by atoms with E-state index in [1.165, 1.54) is 5.56 Å². The molecule has 0 bridgehead atoms. The summed E-state index contributed by atoms with van der Waals surface area (Å²) in [5.41, 5.74) is 3.47. The largest absolute Gasteiger partial charge is 0.294 e. The van der Waals surface area contributed by atoms with Crippen molar-refractivity contribution >= 4 is 15.8 Å². The van der Waals surface area contributed by atoms with Crippen LogP contribution in [0.4, 0.5) is 0 Å². The Balaban J connectivity index is 1.97. The molecule has 1 unspecified atom stereocenters. The highest BCUT2D eigenvalue weighted by Gasteiger charge is 2.29. The maximum atomic E-state index is 12.9. The number of Topliss-reactive ketones (excluding diaryl/α,β-unsaturated/α-hetero) is 1. The summed E-state index contributed by atoms with van der Waals surface area (Å²) in [6.07, 6.45) is 3.84. The third-order valence-corrected chi connectivity index (χ3v) is 6.13. The third kappa shape index (κ3) is 3.94. The highest BCUT2D eigenvalue weighted by molar-refractivity contribution is 7.89. The van der Waals surface area contributed by atoms with Crippen molar-refractivity contribution in [3.05, 3.63) is 76.9 Å². The first-order chi connectivity index (χ1) is 12.4. The Morgan fingerprint density at radius 3 is 2.23 bits per heavy atom. The van der Waals surface area contributed by atoms with Gasteiger partial charge in [-0.25, -0.2) is 8.42 Å². The van der Waals surface area contributed by atoms with Gasteiger partial charge in [-0.3, -0.25) is 4.79 Å². The second-order valence-electron chi connectivity index (χ2n) is 6.58.